The highest BCUT2D eigenvalue weighted by atomic mass is 32.1. The van der Waals surface area contributed by atoms with Crippen molar-refractivity contribution in [1.29, 1.82) is 0 Å². The van der Waals surface area contributed by atoms with Crippen LogP contribution in [-0.4, -0.2) is 23.5 Å². The van der Waals surface area contributed by atoms with Crippen molar-refractivity contribution in [3.63, 3.8) is 0 Å². The van der Waals surface area contributed by atoms with Crippen molar-refractivity contribution >= 4 is 119 Å². The molecular weight excluding hydrogens is 739 g/mol. The van der Waals surface area contributed by atoms with Crippen molar-refractivity contribution in [2.45, 2.75) is 6.92 Å². The summed E-state index contributed by atoms with van der Waals surface area (Å²) in [4.78, 5) is 12.1. The standard InChI is InChI=1S/C53H33N5S/c1-3-4-5-16-31(2)32-27-28-36-40-30-39-35-19-8-13-24-43(35)58(50(39)47-37-20-9-14-25-44(37)56(49(40)47)45(36)29-32)51-48-38-21-10-15-26-46(38)59-52(48)55-53(54-51)57-41-22-11-6-17-33(41)34-18-7-12-23-42(34)57/h3-30H,1H2,2H3/b5-4-,31-16+. The van der Waals surface area contributed by atoms with Crippen molar-refractivity contribution in [3.8, 4) is 11.8 Å². The van der Waals surface area contributed by atoms with E-state index in [1.54, 1.807) is 11.3 Å². The number of allylic oxidation sites excluding steroid dienone is 5. The van der Waals surface area contributed by atoms with E-state index in [4.69, 9.17) is 9.97 Å². The molecule has 0 saturated carbocycles. The Morgan fingerprint density at radius 3 is 1.85 bits per heavy atom. The zero-order valence-corrected chi connectivity index (χ0v) is 32.8. The first-order chi connectivity index (χ1) is 29.2. The molecule has 13 rings (SSSR count). The second kappa shape index (κ2) is 12.0. The molecule has 6 heterocycles. The first-order valence-corrected chi connectivity index (χ1v) is 20.8. The summed E-state index contributed by atoms with van der Waals surface area (Å²) in [5, 5.41) is 11.9. The van der Waals surface area contributed by atoms with E-state index in [0.29, 0.717) is 5.95 Å². The molecule has 0 aliphatic carbocycles. The summed E-state index contributed by atoms with van der Waals surface area (Å²) < 4.78 is 8.38. The quantitative estimate of drug-likeness (QED) is 0.164. The molecule has 59 heavy (non-hydrogen) atoms. The second-order valence-corrected chi connectivity index (χ2v) is 16.5. The normalized spacial score (nSPS) is 12.9. The van der Waals surface area contributed by atoms with Gasteiger partial charge in [0, 0.05) is 53.2 Å². The molecule has 0 amide bonds. The average Bonchev–Trinajstić information content (AvgIpc) is 4.07. The fourth-order valence-electron chi connectivity index (χ4n) is 9.84. The lowest BCUT2D eigenvalue weighted by Gasteiger charge is -2.13. The summed E-state index contributed by atoms with van der Waals surface area (Å²) in [6.45, 7) is 6.02. The van der Waals surface area contributed by atoms with Gasteiger partial charge in [-0.15, -0.1) is 11.3 Å². The minimum Gasteiger partial charge on any atom is -0.308 e. The summed E-state index contributed by atoms with van der Waals surface area (Å²) in [7, 11) is 0. The van der Waals surface area contributed by atoms with Gasteiger partial charge >= 0.3 is 0 Å². The molecule has 0 atom stereocenters. The van der Waals surface area contributed by atoms with Crippen LogP contribution < -0.4 is 0 Å². The van der Waals surface area contributed by atoms with Crippen LogP contribution in [0.1, 0.15) is 12.5 Å². The lowest BCUT2D eigenvalue weighted by atomic mass is 10.0. The summed E-state index contributed by atoms with van der Waals surface area (Å²) in [5.74, 6) is 1.54. The van der Waals surface area contributed by atoms with E-state index in [1.165, 1.54) is 75.5 Å². The molecule has 5 nitrogen and oxygen atoms in total. The zero-order chi connectivity index (χ0) is 38.9. The van der Waals surface area contributed by atoms with Gasteiger partial charge < -0.3 is 4.40 Å². The smallest absolute Gasteiger partial charge is 0.238 e. The van der Waals surface area contributed by atoms with E-state index in [0.717, 1.165) is 43.5 Å². The van der Waals surface area contributed by atoms with Crippen LogP contribution in [0.15, 0.2) is 176 Å². The molecule has 6 heteroatoms. The van der Waals surface area contributed by atoms with Gasteiger partial charge in [-0.05, 0) is 60.5 Å². The Bertz CT molecular complexity index is 3940. The van der Waals surface area contributed by atoms with Crippen molar-refractivity contribution < 1.29 is 0 Å². The number of rotatable bonds is 5. The number of fused-ring (bicyclic) bond motifs is 16. The minimum absolute atomic E-state index is 0.660. The zero-order valence-electron chi connectivity index (χ0n) is 32.0. The van der Waals surface area contributed by atoms with Gasteiger partial charge in [0.1, 0.15) is 4.83 Å². The van der Waals surface area contributed by atoms with Crippen LogP contribution in [0.4, 0.5) is 0 Å². The Morgan fingerprint density at radius 1 is 0.525 bits per heavy atom. The maximum absolute atomic E-state index is 5.74. The number of hydrogen-bond acceptors (Lipinski definition) is 3. The summed E-state index contributed by atoms with van der Waals surface area (Å²) in [6, 6.07) is 53.0. The number of benzene rings is 7. The van der Waals surface area contributed by atoms with Crippen molar-refractivity contribution in [2.75, 3.05) is 0 Å². The van der Waals surface area contributed by atoms with Crippen LogP contribution in [0, 0.1) is 0 Å². The van der Waals surface area contributed by atoms with E-state index < -0.39 is 0 Å². The van der Waals surface area contributed by atoms with Gasteiger partial charge in [0.15, 0.2) is 5.82 Å². The lowest BCUT2D eigenvalue weighted by molar-refractivity contribution is 0.977. The molecule has 0 saturated heterocycles. The minimum atomic E-state index is 0.660. The lowest BCUT2D eigenvalue weighted by Crippen LogP contribution is -2.06. The van der Waals surface area contributed by atoms with Crippen LogP contribution in [-0.2, 0) is 0 Å². The molecule has 0 radical (unpaired) electrons. The summed E-state index contributed by atoms with van der Waals surface area (Å²) >= 11 is 1.73. The maximum atomic E-state index is 5.74. The fourth-order valence-corrected chi connectivity index (χ4v) is 10.9. The Balaban J connectivity index is 1.22. The first-order valence-electron chi connectivity index (χ1n) is 20.0. The molecular formula is C53H33N5S. The molecule has 0 unspecified atom stereocenters. The topological polar surface area (TPSA) is 40.0 Å². The maximum Gasteiger partial charge on any atom is 0.238 e. The molecule has 0 aliphatic heterocycles. The van der Waals surface area contributed by atoms with Gasteiger partial charge in [0.2, 0.25) is 5.95 Å². The first kappa shape index (κ1) is 32.5. The highest BCUT2D eigenvalue weighted by Gasteiger charge is 2.27. The molecule has 0 bridgehead atoms. The monoisotopic (exact) mass is 771 g/mol. The van der Waals surface area contributed by atoms with E-state index in [-0.39, 0.29) is 0 Å². The predicted octanol–water partition coefficient (Wildman–Crippen LogP) is 14.3. The Morgan fingerprint density at radius 2 is 1.12 bits per heavy atom. The Kier molecular flexibility index (Phi) is 6.61. The predicted molar refractivity (Wildman–Crippen MR) is 251 cm³/mol. The number of aromatic nitrogens is 5. The van der Waals surface area contributed by atoms with Gasteiger partial charge in [0.05, 0.1) is 44.0 Å². The SMILES string of the molecule is C=C/C=C\C=C(/C)c1ccc2c3cc4c5ccccc5n(-c5nc(-n6c7ccccc7c7ccccc76)nc6sc7ccccc7c56)c4c4c5ccccc5n(c2c1)c34. The molecule has 0 aliphatic rings. The van der Waals surface area contributed by atoms with Gasteiger partial charge in [-0.1, -0.05) is 134 Å². The van der Waals surface area contributed by atoms with Gasteiger partial charge in [0.25, 0.3) is 0 Å². The number of nitrogens with zero attached hydrogens (tertiary/aromatic N) is 5. The van der Waals surface area contributed by atoms with E-state index >= 15 is 0 Å². The van der Waals surface area contributed by atoms with Crippen LogP contribution in [0.25, 0.3) is 119 Å². The second-order valence-electron chi connectivity index (χ2n) is 15.4. The third-order valence-corrected chi connectivity index (χ3v) is 13.4. The number of hydrogen-bond donors (Lipinski definition) is 0. The van der Waals surface area contributed by atoms with Crippen LogP contribution in [0.2, 0.25) is 0 Å². The van der Waals surface area contributed by atoms with Crippen LogP contribution in [0.5, 0.6) is 0 Å². The molecule has 276 valence electrons. The summed E-state index contributed by atoms with van der Waals surface area (Å²) in [6.07, 6.45) is 7.99. The van der Waals surface area contributed by atoms with Gasteiger partial charge in [-0.3, -0.25) is 9.13 Å². The van der Waals surface area contributed by atoms with Gasteiger partial charge in [-0.25, -0.2) is 4.98 Å². The summed E-state index contributed by atoms with van der Waals surface area (Å²) in [5.41, 5.74) is 10.5. The molecule has 0 spiro atoms. The highest BCUT2D eigenvalue weighted by Crippen LogP contribution is 2.48. The highest BCUT2D eigenvalue weighted by molar-refractivity contribution is 7.25. The van der Waals surface area contributed by atoms with Gasteiger partial charge in [-0.2, -0.15) is 4.98 Å². The van der Waals surface area contributed by atoms with E-state index in [9.17, 15) is 0 Å². The van der Waals surface area contributed by atoms with Crippen molar-refractivity contribution in [1.82, 2.24) is 23.5 Å². The largest absolute Gasteiger partial charge is 0.308 e. The molecule has 7 aromatic carbocycles. The fraction of sp³-hybridized carbons (Fsp3) is 0.0189. The van der Waals surface area contributed by atoms with E-state index in [2.05, 4.69) is 185 Å². The molecule has 0 fully saturated rings. The van der Waals surface area contributed by atoms with Crippen LogP contribution in [0.3, 0.4) is 0 Å². The van der Waals surface area contributed by atoms with Crippen molar-refractivity contribution in [2.24, 2.45) is 0 Å². The Hall–Kier alpha value is -7.54. The average molecular weight is 772 g/mol. The molecule has 13 aromatic rings. The third kappa shape index (κ3) is 4.33. The number of para-hydroxylation sites is 4. The van der Waals surface area contributed by atoms with Crippen LogP contribution >= 0.6 is 11.3 Å². The van der Waals surface area contributed by atoms with Crippen molar-refractivity contribution in [3.05, 3.63) is 182 Å². The third-order valence-electron chi connectivity index (χ3n) is 12.3. The molecule has 6 aromatic heterocycles. The number of thiophene rings is 1. The Labute approximate surface area is 341 Å². The van der Waals surface area contributed by atoms with E-state index in [1.807, 2.05) is 12.2 Å². The molecule has 0 N–H and O–H groups in total.